The highest BCUT2D eigenvalue weighted by molar-refractivity contribution is 7.89. The van der Waals surface area contributed by atoms with Gasteiger partial charge in [0.2, 0.25) is 15.9 Å². The Morgan fingerprint density at radius 1 is 1.22 bits per heavy atom. The van der Waals surface area contributed by atoms with Crippen LogP contribution in [0.3, 0.4) is 0 Å². The van der Waals surface area contributed by atoms with E-state index in [2.05, 4.69) is 10.3 Å². The largest absolute Gasteiger partial charge is 0.325 e. The van der Waals surface area contributed by atoms with Crippen molar-refractivity contribution in [3.8, 4) is 10.6 Å². The Balaban J connectivity index is 1.74. The highest BCUT2D eigenvalue weighted by Gasteiger charge is 2.19. The van der Waals surface area contributed by atoms with Gasteiger partial charge in [0.1, 0.15) is 5.01 Å². The highest BCUT2D eigenvalue weighted by Crippen LogP contribution is 2.26. The molecular formula is C18H19N3O3S3. The molecule has 9 heteroatoms. The SMILES string of the molecule is Cc1ccc(S(=O)(=O)N(C)C)cc1NC(=O)Cc1csc(-c2ccsc2)n1. The fourth-order valence-electron chi connectivity index (χ4n) is 2.37. The van der Waals surface area contributed by atoms with Gasteiger partial charge < -0.3 is 5.32 Å². The lowest BCUT2D eigenvalue weighted by Crippen LogP contribution is -2.22. The average Bonchev–Trinajstić information content (AvgIpc) is 3.27. The summed E-state index contributed by atoms with van der Waals surface area (Å²) in [5, 5.41) is 9.55. The van der Waals surface area contributed by atoms with E-state index >= 15 is 0 Å². The molecule has 1 aromatic carbocycles. The summed E-state index contributed by atoms with van der Waals surface area (Å²) >= 11 is 3.10. The third-order valence-electron chi connectivity index (χ3n) is 3.92. The van der Waals surface area contributed by atoms with Crippen molar-refractivity contribution in [3.05, 3.63) is 51.7 Å². The lowest BCUT2D eigenvalue weighted by atomic mass is 10.2. The van der Waals surface area contributed by atoms with E-state index in [-0.39, 0.29) is 17.2 Å². The predicted octanol–water partition coefficient (Wildman–Crippen LogP) is 3.61. The van der Waals surface area contributed by atoms with E-state index in [0.29, 0.717) is 11.4 Å². The molecule has 0 aliphatic rings. The number of hydrogen-bond acceptors (Lipinski definition) is 6. The molecule has 0 aliphatic heterocycles. The van der Waals surface area contributed by atoms with Crippen molar-refractivity contribution in [3.63, 3.8) is 0 Å². The molecule has 2 aromatic heterocycles. The number of thiophene rings is 1. The molecule has 0 aliphatic carbocycles. The first kappa shape index (κ1) is 19.7. The number of aromatic nitrogens is 1. The van der Waals surface area contributed by atoms with E-state index in [0.717, 1.165) is 20.4 Å². The number of amides is 1. The van der Waals surface area contributed by atoms with Crippen LogP contribution in [0.2, 0.25) is 0 Å². The van der Waals surface area contributed by atoms with Crippen molar-refractivity contribution < 1.29 is 13.2 Å². The van der Waals surface area contributed by atoms with Gasteiger partial charge in [-0.3, -0.25) is 4.79 Å². The van der Waals surface area contributed by atoms with Gasteiger partial charge in [-0.2, -0.15) is 11.3 Å². The Hall–Kier alpha value is -2.07. The number of rotatable bonds is 6. The number of carbonyl (C=O) groups is 1. The summed E-state index contributed by atoms with van der Waals surface area (Å²) in [4.78, 5) is 17.1. The second-order valence-corrected chi connectivity index (χ2v) is 9.94. The molecule has 0 fully saturated rings. The van der Waals surface area contributed by atoms with E-state index in [9.17, 15) is 13.2 Å². The van der Waals surface area contributed by atoms with Crippen molar-refractivity contribution in [1.82, 2.24) is 9.29 Å². The molecule has 0 saturated heterocycles. The van der Waals surface area contributed by atoms with E-state index in [1.165, 1.54) is 37.6 Å². The van der Waals surface area contributed by atoms with Crippen molar-refractivity contribution in [1.29, 1.82) is 0 Å². The number of nitrogens with one attached hydrogen (secondary N) is 1. The summed E-state index contributed by atoms with van der Waals surface area (Å²) < 4.78 is 25.7. The molecular weight excluding hydrogens is 402 g/mol. The number of aryl methyl sites for hydroxylation is 1. The Morgan fingerprint density at radius 2 is 2.00 bits per heavy atom. The fraction of sp³-hybridized carbons (Fsp3) is 0.222. The van der Waals surface area contributed by atoms with Crippen LogP contribution in [0.15, 0.2) is 45.3 Å². The predicted molar refractivity (Wildman–Crippen MR) is 110 cm³/mol. The summed E-state index contributed by atoms with van der Waals surface area (Å²) in [6.45, 7) is 1.82. The molecule has 0 atom stereocenters. The van der Waals surface area contributed by atoms with Crippen LogP contribution in [0, 0.1) is 6.92 Å². The zero-order valence-electron chi connectivity index (χ0n) is 15.1. The van der Waals surface area contributed by atoms with E-state index in [1.807, 2.05) is 29.1 Å². The van der Waals surface area contributed by atoms with E-state index in [4.69, 9.17) is 0 Å². The molecule has 0 saturated carbocycles. The van der Waals surface area contributed by atoms with Gasteiger partial charge in [0.15, 0.2) is 0 Å². The van der Waals surface area contributed by atoms with Crippen LogP contribution in [0.25, 0.3) is 10.6 Å². The summed E-state index contributed by atoms with van der Waals surface area (Å²) in [6, 6.07) is 6.70. The fourth-order valence-corrected chi connectivity index (χ4v) is 4.83. The second-order valence-electron chi connectivity index (χ2n) is 6.15. The zero-order chi connectivity index (χ0) is 19.6. The molecule has 0 unspecified atom stereocenters. The maximum Gasteiger partial charge on any atom is 0.242 e. The minimum absolute atomic E-state index is 0.130. The summed E-state index contributed by atoms with van der Waals surface area (Å²) in [7, 11) is -0.614. The summed E-state index contributed by atoms with van der Waals surface area (Å²) in [6.07, 6.45) is 0.130. The smallest absolute Gasteiger partial charge is 0.242 e. The maximum atomic E-state index is 12.4. The van der Waals surface area contributed by atoms with Crippen LogP contribution in [-0.4, -0.2) is 37.7 Å². The van der Waals surface area contributed by atoms with Crippen molar-refractivity contribution >= 4 is 44.3 Å². The summed E-state index contributed by atoms with van der Waals surface area (Å²) in [5.74, 6) is -0.236. The Labute approximate surface area is 166 Å². The molecule has 3 rings (SSSR count). The Morgan fingerprint density at radius 3 is 2.67 bits per heavy atom. The molecule has 27 heavy (non-hydrogen) atoms. The number of thiazole rings is 1. The standard InChI is InChI=1S/C18H19N3O3S3/c1-12-4-5-15(27(23,24)21(2)3)9-16(12)20-17(22)8-14-11-26-18(19-14)13-6-7-25-10-13/h4-7,9-11H,8H2,1-3H3,(H,20,22). The van der Waals surface area contributed by atoms with Gasteiger partial charge in [-0.15, -0.1) is 11.3 Å². The van der Waals surface area contributed by atoms with Gasteiger partial charge >= 0.3 is 0 Å². The van der Waals surface area contributed by atoms with Crippen molar-refractivity contribution in [2.75, 3.05) is 19.4 Å². The van der Waals surface area contributed by atoms with E-state index < -0.39 is 10.0 Å². The second kappa shape index (κ2) is 7.89. The molecule has 0 bridgehead atoms. The number of carbonyl (C=O) groups excluding carboxylic acids is 1. The lowest BCUT2D eigenvalue weighted by Gasteiger charge is -2.14. The Bertz CT molecular complexity index is 1050. The van der Waals surface area contributed by atoms with Crippen LogP contribution in [-0.2, 0) is 21.2 Å². The first-order valence-corrected chi connectivity index (χ1v) is 11.3. The molecule has 2 heterocycles. The van der Waals surface area contributed by atoms with Crippen LogP contribution >= 0.6 is 22.7 Å². The quantitative estimate of drug-likeness (QED) is 0.659. The maximum absolute atomic E-state index is 12.4. The van der Waals surface area contributed by atoms with Crippen LogP contribution in [0.4, 0.5) is 5.69 Å². The first-order chi connectivity index (χ1) is 12.8. The van der Waals surface area contributed by atoms with Crippen molar-refractivity contribution in [2.45, 2.75) is 18.2 Å². The lowest BCUT2D eigenvalue weighted by molar-refractivity contribution is -0.115. The monoisotopic (exact) mass is 421 g/mol. The molecule has 0 radical (unpaired) electrons. The molecule has 6 nitrogen and oxygen atoms in total. The van der Waals surface area contributed by atoms with Gasteiger partial charge in [-0.1, -0.05) is 6.07 Å². The number of benzene rings is 1. The third kappa shape index (κ3) is 4.44. The van der Waals surface area contributed by atoms with Gasteiger partial charge in [0.05, 0.1) is 17.0 Å². The normalized spacial score (nSPS) is 11.7. The number of hydrogen-bond donors (Lipinski definition) is 1. The molecule has 1 amide bonds. The summed E-state index contributed by atoms with van der Waals surface area (Å²) in [5.41, 5.74) is 3.01. The highest BCUT2D eigenvalue weighted by atomic mass is 32.2. The minimum Gasteiger partial charge on any atom is -0.325 e. The molecule has 142 valence electrons. The van der Waals surface area contributed by atoms with Gasteiger partial charge in [-0.05, 0) is 36.1 Å². The zero-order valence-corrected chi connectivity index (χ0v) is 17.5. The van der Waals surface area contributed by atoms with Gasteiger partial charge in [-0.25, -0.2) is 17.7 Å². The molecule has 1 N–H and O–H groups in total. The van der Waals surface area contributed by atoms with Gasteiger partial charge in [0, 0.05) is 36.1 Å². The van der Waals surface area contributed by atoms with Gasteiger partial charge in [0.25, 0.3) is 0 Å². The first-order valence-electron chi connectivity index (χ1n) is 8.07. The van der Waals surface area contributed by atoms with Crippen LogP contribution < -0.4 is 5.32 Å². The number of nitrogens with zero attached hydrogens (tertiary/aromatic N) is 2. The van der Waals surface area contributed by atoms with Crippen LogP contribution in [0.5, 0.6) is 0 Å². The van der Waals surface area contributed by atoms with Crippen molar-refractivity contribution in [2.24, 2.45) is 0 Å². The third-order valence-corrected chi connectivity index (χ3v) is 7.36. The van der Waals surface area contributed by atoms with Crippen LogP contribution in [0.1, 0.15) is 11.3 Å². The molecule has 3 aromatic rings. The number of sulfonamides is 1. The van der Waals surface area contributed by atoms with E-state index in [1.54, 1.807) is 17.4 Å². The topological polar surface area (TPSA) is 79.4 Å². The Kier molecular flexibility index (Phi) is 5.75. The molecule has 0 spiro atoms. The minimum atomic E-state index is -3.56. The average molecular weight is 422 g/mol. The number of anilines is 1.